The van der Waals surface area contributed by atoms with E-state index in [2.05, 4.69) is 0 Å². The molecule has 0 radical (unpaired) electrons. The van der Waals surface area contributed by atoms with Crippen molar-refractivity contribution < 1.29 is 16.8 Å². The molecule has 0 saturated heterocycles. The van der Waals surface area contributed by atoms with Crippen LogP contribution < -0.4 is 0 Å². The van der Waals surface area contributed by atoms with E-state index in [1.807, 2.05) is 0 Å². The molecule has 8 heteroatoms. The molecule has 4 nitrogen and oxygen atoms in total. The van der Waals surface area contributed by atoms with Gasteiger partial charge >= 0.3 is 0 Å². The van der Waals surface area contributed by atoms with E-state index in [0.29, 0.717) is 20.9 Å². The van der Waals surface area contributed by atoms with E-state index in [1.54, 1.807) is 0 Å². The molecule has 0 aromatic heterocycles. The molecular weight excluding hydrogens is 367 g/mol. The quantitative estimate of drug-likeness (QED) is 0.815. The Hall–Kier alpha value is -1.34. The second-order valence-electron chi connectivity index (χ2n) is 4.27. The number of rotatable bonds is 4. The van der Waals surface area contributed by atoms with Gasteiger partial charge < -0.3 is 0 Å². The van der Waals surface area contributed by atoms with Crippen LogP contribution in [0.25, 0.3) is 0 Å². The summed E-state index contributed by atoms with van der Waals surface area (Å²) in [6.07, 6.45) is 0. The zero-order valence-corrected chi connectivity index (χ0v) is 14.1. The predicted octanol–water partition coefficient (Wildman–Crippen LogP) is 3.71. The van der Waals surface area contributed by atoms with Crippen molar-refractivity contribution in [1.82, 2.24) is 0 Å². The maximum Gasteiger partial charge on any atom is 0.200 e. The normalized spacial score (nSPS) is 12.6. The number of hydrogen-bond acceptors (Lipinski definition) is 4. The van der Waals surface area contributed by atoms with Crippen LogP contribution in [0.4, 0.5) is 0 Å². The minimum absolute atomic E-state index is 0.0422. The Morgan fingerprint density at radius 3 is 1.14 bits per heavy atom. The molecule has 0 saturated carbocycles. The fraction of sp³-hybridized carbons (Fsp3) is 0. The van der Waals surface area contributed by atoms with Crippen LogP contribution in [-0.2, 0) is 19.7 Å². The van der Waals surface area contributed by atoms with Crippen molar-refractivity contribution in [2.24, 2.45) is 0 Å². The second kappa shape index (κ2) is 6.42. The smallest absolute Gasteiger partial charge is 0.200 e. The lowest BCUT2D eigenvalue weighted by Gasteiger charge is -2.01. The molecule has 116 valence electrons. The molecule has 22 heavy (non-hydrogen) atoms. The summed E-state index contributed by atoms with van der Waals surface area (Å²) in [7, 11) is -7.74. The van der Waals surface area contributed by atoms with E-state index >= 15 is 0 Å². The van der Waals surface area contributed by atoms with Crippen molar-refractivity contribution in [3.63, 3.8) is 0 Å². The molecule has 2 aromatic carbocycles. The van der Waals surface area contributed by atoms with Gasteiger partial charge in [0.1, 0.15) is 0 Å². The van der Waals surface area contributed by atoms with Gasteiger partial charge in [-0.1, -0.05) is 23.2 Å². The van der Waals surface area contributed by atoms with E-state index in [-0.39, 0.29) is 9.79 Å². The molecule has 0 fully saturated rings. The Morgan fingerprint density at radius 1 is 0.591 bits per heavy atom. The average molecular weight is 377 g/mol. The minimum atomic E-state index is -3.87. The molecule has 0 bridgehead atoms. The first-order valence-electron chi connectivity index (χ1n) is 5.90. The maximum atomic E-state index is 12.1. The average Bonchev–Trinajstić information content (AvgIpc) is 2.46. The molecule has 0 heterocycles. The number of hydrogen-bond donors (Lipinski definition) is 0. The van der Waals surface area contributed by atoms with Crippen LogP contribution in [0.5, 0.6) is 0 Å². The third-order valence-corrected chi connectivity index (χ3v) is 6.22. The standard InChI is InChI=1S/C14H10Cl2O4S2/c15-11-1-5-13(6-2-11)21(17,18)9-10-22(19,20)14-7-3-12(16)4-8-14/h1-10H/b10-9+. The molecule has 0 spiro atoms. The van der Waals surface area contributed by atoms with Crippen molar-refractivity contribution in [2.45, 2.75) is 9.79 Å². The Kier molecular flexibility index (Phi) is 4.97. The van der Waals surface area contributed by atoms with Crippen molar-refractivity contribution >= 4 is 42.9 Å². The van der Waals surface area contributed by atoms with Crippen LogP contribution in [-0.4, -0.2) is 16.8 Å². The highest BCUT2D eigenvalue weighted by molar-refractivity contribution is 7.97. The summed E-state index contributed by atoms with van der Waals surface area (Å²) in [5.41, 5.74) is 0. The number of sulfone groups is 2. The van der Waals surface area contributed by atoms with Crippen LogP contribution in [0.1, 0.15) is 0 Å². The zero-order chi connectivity index (χ0) is 16.4. The van der Waals surface area contributed by atoms with Gasteiger partial charge in [0.25, 0.3) is 0 Å². The lowest BCUT2D eigenvalue weighted by atomic mass is 10.4. The van der Waals surface area contributed by atoms with Crippen molar-refractivity contribution in [2.75, 3.05) is 0 Å². The Balaban J connectivity index is 2.34. The molecule has 0 N–H and O–H groups in total. The first-order chi connectivity index (χ1) is 10.2. The predicted molar refractivity (Wildman–Crippen MR) is 86.4 cm³/mol. The van der Waals surface area contributed by atoms with Gasteiger partial charge in [-0.3, -0.25) is 0 Å². The van der Waals surface area contributed by atoms with E-state index in [9.17, 15) is 16.8 Å². The van der Waals surface area contributed by atoms with Gasteiger partial charge in [0.05, 0.1) is 9.79 Å². The minimum Gasteiger partial charge on any atom is -0.219 e. The summed E-state index contributed by atoms with van der Waals surface area (Å²) < 4.78 is 48.2. The van der Waals surface area contributed by atoms with E-state index in [1.165, 1.54) is 48.5 Å². The third-order valence-electron chi connectivity index (χ3n) is 2.70. The number of benzene rings is 2. The molecule has 2 rings (SSSR count). The molecule has 0 aliphatic carbocycles. The Labute approximate surface area is 138 Å². The third kappa shape index (κ3) is 4.10. The monoisotopic (exact) mass is 376 g/mol. The van der Waals surface area contributed by atoms with Gasteiger partial charge in [0, 0.05) is 20.9 Å². The maximum absolute atomic E-state index is 12.1. The number of halogens is 2. The lowest BCUT2D eigenvalue weighted by Crippen LogP contribution is -2.00. The van der Waals surface area contributed by atoms with Crippen molar-refractivity contribution in [1.29, 1.82) is 0 Å². The summed E-state index contributed by atoms with van der Waals surface area (Å²) in [6.45, 7) is 0. The van der Waals surface area contributed by atoms with E-state index < -0.39 is 19.7 Å². The second-order valence-corrected chi connectivity index (χ2v) is 8.81. The highest BCUT2D eigenvalue weighted by atomic mass is 35.5. The molecule has 0 atom stereocenters. The summed E-state index contributed by atoms with van der Waals surface area (Å²) in [5.74, 6) is 0. The highest BCUT2D eigenvalue weighted by Crippen LogP contribution is 2.19. The fourth-order valence-electron chi connectivity index (χ4n) is 1.55. The van der Waals surface area contributed by atoms with Crippen LogP contribution in [0, 0.1) is 0 Å². The fourth-order valence-corrected chi connectivity index (χ4v) is 4.32. The topological polar surface area (TPSA) is 68.3 Å². The Bertz CT molecular complexity index is 821. The van der Waals surface area contributed by atoms with Crippen LogP contribution in [0.2, 0.25) is 10.0 Å². The molecule has 0 amide bonds. The van der Waals surface area contributed by atoms with Crippen LogP contribution in [0.3, 0.4) is 0 Å². The molecule has 0 unspecified atom stereocenters. The molecule has 0 aliphatic rings. The van der Waals surface area contributed by atoms with Gasteiger partial charge in [-0.25, -0.2) is 16.8 Å². The van der Waals surface area contributed by atoms with Gasteiger partial charge in [-0.2, -0.15) is 0 Å². The first kappa shape index (κ1) is 17.0. The van der Waals surface area contributed by atoms with Gasteiger partial charge in [-0.05, 0) is 48.5 Å². The largest absolute Gasteiger partial charge is 0.219 e. The molecule has 0 aliphatic heterocycles. The van der Waals surface area contributed by atoms with Gasteiger partial charge in [0.15, 0.2) is 0 Å². The van der Waals surface area contributed by atoms with Crippen molar-refractivity contribution in [3.8, 4) is 0 Å². The summed E-state index contributed by atoms with van der Waals surface area (Å²) in [4.78, 5) is -0.0843. The highest BCUT2D eigenvalue weighted by Gasteiger charge is 2.15. The lowest BCUT2D eigenvalue weighted by molar-refractivity contribution is 0.600. The van der Waals surface area contributed by atoms with Gasteiger partial charge in [0.2, 0.25) is 19.7 Å². The van der Waals surface area contributed by atoms with E-state index in [0.717, 1.165) is 0 Å². The Morgan fingerprint density at radius 2 is 0.864 bits per heavy atom. The molecular formula is C14H10Cl2O4S2. The van der Waals surface area contributed by atoms with Crippen molar-refractivity contribution in [3.05, 3.63) is 69.4 Å². The summed E-state index contributed by atoms with van der Waals surface area (Å²) >= 11 is 11.4. The SMILES string of the molecule is O=S(=O)(/C=C/S(=O)(=O)c1ccc(Cl)cc1)c1ccc(Cl)cc1. The molecule has 2 aromatic rings. The summed E-state index contributed by atoms with van der Waals surface area (Å²) in [5, 5.41) is 2.08. The van der Waals surface area contributed by atoms with E-state index in [4.69, 9.17) is 23.2 Å². The van der Waals surface area contributed by atoms with Crippen LogP contribution >= 0.6 is 23.2 Å². The first-order valence-corrected chi connectivity index (χ1v) is 9.75. The van der Waals surface area contributed by atoms with Crippen LogP contribution in [0.15, 0.2) is 69.1 Å². The van der Waals surface area contributed by atoms with Gasteiger partial charge in [-0.15, -0.1) is 0 Å². The summed E-state index contributed by atoms with van der Waals surface area (Å²) in [6, 6.07) is 10.9. The zero-order valence-electron chi connectivity index (χ0n) is 11.0.